The summed E-state index contributed by atoms with van der Waals surface area (Å²) in [4.78, 5) is 12.5. The maximum absolute atomic E-state index is 12.5. The van der Waals surface area contributed by atoms with Gasteiger partial charge in [0.15, 0.2) is 0 Å². The number of carbonyl (C=O) groups excluding carboxylic acids is 1. The number of amides is 1. The van der Waals surface area contributed by atoms with Crippen molar-refractivity contribution < 1.29 is 25.2 Å². The minimum absolute atomic E-state index is 0.375. The van der Waals surface area contributed by atoms with Gasteiger partial charge in [-0.1, -0.05) is 219 Å². The van der Waals surface area contributed by atoms with E-state index in [1.165, 1.54) is 167 Å². The predicted molar refractivity (Wildman–Crippen MR) is 205 cm³/mol. The number of aliphatic hydroxyl groups is 4. The van der Waals surface area contributed by atoms with Gasteiger partial charge in [-0.3, -0.25) is 4.79 Å². The van der Waals surface area contributed by atoms with Gasteiger partial charge in [0, 0.05) is 0 Å². The van der Waals surface area contributed by atoms with E-state index in [0.29, 0.717) is 12.8 Å². The number of rotatable bonds is 39. The van der Waals surface area contributed by atoms with Gasteiger partial charge in [-0.25, -0.2) is 0 Å². The summed E-state index contributed by atoms with van der Waals surface area (Å²) in [5.74, 6) is -0.581. The van der Waals surface area contributed by atoms with Gasteiger partial charge >= 0.3 is 0 Å². The molecule has 0 heterocycles. The van der Waals surface area contributed by atoms with E-state index in [1.54, 1.807) is 0 Å². The van der Waals surface area contributed by atoms with E-state index in [9.17, 15) is 25.2 Å². The highest BCUT2D eigenvalue weighted by molar-refractivity contribution is 5.80. The lowest BCUT2D eigenvalue weighted by Crippen LogP contribution is -2.53. The van der Waals surface area contributed by atoms with Crippen molar-refractivity contribution in [2.24, 2.45) is 0 Å². The van der Waals surface area contributed by atoms with Crippen LogP contribution < -0.4 is 5.32 Å². The first kappa shape index (κ1) is 47.3. The maximum Gasteiger partial charge on any atom is 0.249 e. The first-order valence-electron chi connectivity index (χ1n) is 21.4. The van der Waals surface area contributed by atoms with Crippen LogP contribution in [0.15, 0.2) is 0 Å². The molecule has 0 aromatic carbocycles. The second kappa shape index (κ2) is 37.6. The van der Waals surface area contributed by atoms with Crippen LogP contribution in [0.5, 0.6) is 0 Å². The zero-order valence-corrected chi connectivity index (χ0v) is 32.3. The molecule has 0 fully saturated rings. The molecule has 0 aliphatic carbocycles. The Balaban J connectivity index is 3.64. The third-order valence-corrected chi connectivity index (χ3v) is 10.3. The lowest BCUT2D eigenvalue weighted by atomic mass is 9.99. The first-order chi connectivity index (χ1) is 23.5. The topological polar surface area (TPSA) is 110 Å². The van der Waals surface area contributed by atoms with Gasteiger partial charge in [0.1, 0.15) is 12.2 Å². The molecule has 6 heteroatoms. The van der Waals surface area contributed by atoms with Gasteiger partial charge in [-0.15, -0.1) is 0 Å². The van der Waals surface area contributed by atoms with Crippen molar-refractivity contribution in [1.82, 2.24) is 5.32 Å². The number of unbranched alkanes of at least 4 members (excludes halogenated alkanes) is 30. The lowest BCUT2D eigenvalue weighted by Gasteiger charge is -2.27. The standard InChI is InChI=1S/C42H85NO5/c1-3-5-7-9-11-13-15-16-17-18-19-20-21-22-23-24-25-26-28-30-32-34-36-40(46)42(48)43-38(37-44)41(47)39(45)35-33-31-29-27-14-12-10-8-6-4-2/h38-41,44-47H,3-37H2,1-2H3,(H,43,48)/t38-,39+,40-,41-/m0/s1. The van der Waals surface area contributed by atoms with Crippen LogP contribution in [0.4, 0.5) is 0 Å². The summed E-state index contributed by atoms with van der Waals surface area (Å²) in [6.07, 6.45) is 38.6. The van der Waals surface area contributed by atoms with Crippen LogP contribution >= 0.6 is 0 Å². The molecule has 0 aromatic heterocycles. The van der Waals surface area contributed by atoms with Crippen molar-refractivity contribution in [2.75, 3.05) is 6.61 Å². The van der Waals surface area contributed by atoms with Crippen molar-refractivity contribution in [3.63, 3.8) is 0 Å². The molecule has 48 heavy (non-hydrogen) atoms. The van der Waals surface area contributed by atoms with Crippen LogP contribution in [0.1, 0.15) is 232 Å². The van der Waals surface area contributed by atoms with Crippen molar-refractivity contribution >= 4 is 5.91 Å². The Morgan fingerprint density at radius 3 is 1.00 bits per heavy atom. The molecule has 5 N–H and O–H groups in total. The summed E-state index contributed by atoms with van der Waals surface area (Å²) in [6.45, 7) is 4.04. The van der Waals surface area contributed by atoms with Crippen LogP contribution in [0.2, 0.25) is 0 Å². The summed E-state index contributed by atoms with van der Waals surface area (Å²) in [5, 5.41) is 43.5. The molecule has 0 bridgehead atoms. The monoisotopic (exact) mass is 684 g/mol. The van der Waals surface area contributed by atoms with E-state index in [1.807, 2.05) is 0 Å². The molecule has 1 amide bonds. The third kappa shape index (κ3) is 31.3. The van der Waals surface area contributed by atoms with Crippen LogP contribution in [0.25, 0.3) is 0 Å². The molecular weight excluding hydrogens is 598 g/mol. The Bertz CT molecular complexity index is 648. The highest BCUT2D eigenvalue weighted by Gasteiger charge is 2.28. The SMILES string of the molecule is CCCCCCCCCCCCCCCCCCCCCCCC[C@H](O)C(=O)N[C@@H](CO)[C@H](O)[C@H](O)CCCCCCCCCCCC. The molecule has 0 aliphatic rings. The summed E-state index contributed by atoms with van der Waals surface area (Å²) >= 11 is 0. The summed E-state index contributed by atoms with van der Waals surface area (Å²) in [7, 11) is 0. The van der Waals surface area contributed by atoms with Crippen LogP contribution in [-0.4, -0.2) is 57.3 Å². The highest BCUT2D eigenvalue weighted by Crippen LogP contribution is 2.17. The van der Waals surface area contributed by atoms with Crippen molar-refractivity contribution in [3.05, 3.63) is 0 Å². The predicted octanol–water partition coefficient (Wildman–Crippen LogP) is 10.8. The minimum Gasteiger partial charge on any atom is -0.394 e. The maximum atomic E-state index is 12.5. The van der Waals surface area contributed by atoms with Crippen molar-refractivity contribution in [3.8, 4) is 0 Å². The Morgan fingerprint density at radius 2 is 0.708 bits per heavy atom. The number of hydrogen-bond donors (Lipinski definition) is 5. The number of hydrogen-bond acceptors (Lipinski definition) is 5. The number of carbonyl (C=O) groups is 1. The summed E-state index contributed by atoms with van der Waals surface area (Å²) in [5.41, 5.74) is 0. The summed E-state index contributed by atoms with van der Waals surface area (Å²) in [6, 6.07) is -0.977. The van der Waals surface area contributed by atoms with Gasteiger partial charge in [-0.2, -0.15) is 0 Å². The fourth-order valence-corrected chi connectivity index (χ4v) is 6.88. The Hall–Kier alpha value is -0.690. The Labute approximate surface area is 299 Å². The Morgan fingerprint density at radius 1 is 0.438 bits per heavy atom. The first-order valence-corrected chi connectivity index (χ1v) is 21.4. The largest absolute Gasteiger partial charge is 0.394 e. The van der Waals surface area contributed by atoms with E-state index in [0.717, 1.165) is 38.5 Å². The normalized spacial score (nSPS) is 14.2. The highest BCUT2D eigenvalue weighted by atomic mass is 16.3. The minimum atomic E-state index is -1.25. The molecule has 4 atom stereocenters. The number of aliphatic hydroxyl groups excluding tert-OH is 4. The van der Waals surface area contributed by atoms with Crippen molar-refractivity contribution in [2.45, 2.75) is 257 Å². The molecule has 0 radical (unpaired) electrons. The van der Waals surface area contributed by atoms with Gasteiger partial charge in [0.05, 0.1) is 18.8 Å². The molecule has 0 aliphatic heterocycles. The van der Waals surface area contributed by atoms with E-state index >= 15 is 0 Å². The molecule has 0 unspecified atom stereocenters. The van der Waals surface area contributed by atoms with E-state index in [2.05, 4.69) is 19.2 Å². The van der Waals surface area contributed by atoms with Crippen LogP contribution in [-0.2, 0) is 4.79 Å². The summed E-state index contributed by atoms with van der Waals surface area (Å²) < 4.78 is 0. The van der Waals surface area contributed by atoms with Gasteiger partial charge in [0.25, 0.3) is 0 Å². The van der Waals surface area contributed by atoms with Crippen LogP contribution in [0.3, 0.4) is 0 Å². The fraction of sp³-hybridized carbons (Fsp3) is 0.976. The zero-order valence-electron chi connectivity index (χ0n) is 32.3. The average Bonchev–Trinajstić information content (AvgIpc) is 3.09. The smallest absolute Gasteiger partial charge is 0.249 e. The molecule has 0 spiro atoms. The van der Waals surface area contributed by atoms with E-state index in [-0.39, 0.29) is 0 Å². The third-order valence-electron chi connectivity index (χ3n) is 10.3. The molecular formula is C42H85NO5. The van der Waals surface area contributed by atoms with Gasteiger partial charge in [0.2, 0.25) is 5.91 Å². The van der Waals surface area contributed by atoms with E-state index < -0.39 is 36.9 Å². The lowest BCUT2D eigenvalue weighted by molar-refractivity contribution is -0.132. The average molecular weight is 684 g/mol. The molecule has 0 aromatic rings. The molecule has 0 saturated heterocycles. The second-order valence-electron chi connectivity index (χ2n) is 15.1. The van der Waals surface area contributed by atoms with Crippen LogP contribution in [0, 0.1) is 0 Å². The fourth-order valence-electron chi connectivity index (χ4n) is 6.88. The number of nitrogens with one attached hydrogen (secondary N) is 1. The van der Waals surface area contributed by atoms with Gasteiger partial charge in [-0.05, 0) is 12.8 Å². The van der Waals surface area contributed by atoms with Gasteiger partial charge < -0.3 is 25.7 Å². The quantitative estimate of drug-likeness (QED) is 0.0414. The second-order valence-corrected chi connectivity index (χ2v) is 15.1. The Kier molecular flexibility index (Phi) is 37.0. The molecule has 6 nitrogen and oxygen atoms in total. The molecule has 0 rings (SSSR count). The molecule has 288 valence electrons. The zero-order chi connectivity index (χ0) is 35.3. The van der Waals surface area contributed by atoms with E-state index in [4.69, 9.17) is 0 Å². The molecule has 0 saturated carbocycles. The van der Waals surface area contributed by atoms with Crippen molar-refractivity contribution in [1.29, 1.82) is 0 Å².